The Morgan fingerprint density at radius 3 is 2.67 bits per heavy atom. The van der Waals surface area contributed by atoms with Gasteiger partial charge in [0, 0.05) is 19.7 Å². The highest BCUT2D eigenvalue weighted by atomic mass is 16.5. The first kappa shape index (κ1) is 14.5. The van der Waals surface area contributed by atoms with Crippen LogP contribution in [-0.2, 0) is 4.79 Å². The summed E-state index contributed by atoms with van der Waals surface area (Å²) < 4.78 is 5.57. The number of aryl methyl sites for hydroxylation is 1. The number of rotatable bonds is 5. The van der Waals surface area contributed by atoms with Crippen LogP contribution in [-0.4, -0.2) is 36.6 Å². The lowest BCUT2D eigenvalue weighted by atomic mass is 10.1. The van der Waals surface area contributed by atoms with E-state index >= 15 is 0 Å². The second kappa shape index (κ2) is 6.40. The van der Waals surface area contributed by atoms with Crippen LogP contribution in [0.4, 0.5) is 0 Å². The molecule has 1 rings (SSSR count). The second-order valence-electron chi connectivity index (χ2n) is 4.60. The van der Waals surface area contributed by atoms with Gasteiger partial charge in [0.15, 0.2) is 0 Å². The zero-order chi connectivity index (χ0) is 13.7. The van der Waals surface area contributed by atoms with Crippen LogP contribution < -0.4 is 4.74 Å². The first-order valence-electron chi connectivity index (χ1n) is 6.03. The Bertz CT molecular complexity index is 414. The highest BCUT2D eigenvalue weighted by Gasteiger charge is 2.10. The zero-order valence-corrected chi connectivity index (χ0v) is 11.4. The molecule has 4 heteroatoms. The topological polar surface area (TPSA) is 49.8 Å². The van der Waals surface area contributed by atoms with Crippen molar-refractivity contribution in [2.24, 2.45) is 0 Å². The standard InChI is InChI=1S/C14H21NO3/c1-10-5-6-13(12(9-10)11(2)16)18-8-7-14(17)15(3)4/h5-6,9,11,16H,7-8H2,1-4H3. The van der Waals surface area contributed by atoms with Gasteiger partial charge in [-0.3, -0.25) is 4.79 Å². The molecule has 0 saturated heterocycles. The Morgan fingerprint density at radius 1 is 1.44 bits per heavy atom. The average molecular weight is 251 g/mol. The van der Waals surface area contributed by atoms with E-state index in [0.29, 0.717) is 18.8 Å². The Hall–Kier alpha value is -1.55. The summed E-state index contributed by atoms with van der Waals surface area (Å²) in [5.41, 5.74) is 1.83. The third-order valence-corrected chi connectivity index (χ3v) is 2.69. The number of aliphatic hydroxyl groups excluding tert-OH is 1. The van der Waals surface area contributed by atoms with Crippen molar-refractivity contribution < 1.29 is 14.6 Å². The van der Waals surface area contributed by atoms with E-state index in [1.54, 1.807) is 21.0 Å². The molecule has 0 heterocycles. The van der Waals surface area contributed by atoms with Gasteiger partial charge in [-0.15, -0.1) is 0 Å². The molecule has 1 aromatic rings. The number of nitrogens with zero attached hydrogens (tertiary/aromatic N) is 1. The highest BCUT2D eigenvalue weighted by molar-refractivity contribution is 5.75. The zero-order valence-electron chi connectivity index (χ0n) is 11.4. The number of benzene rings is 1. The number of carbonyl (C=O) groups excluding carboxylic acids is 1. The smallest absolute Gasteiger partial charge is 0.225 e. The molecule has 1 amide bonds. The predicted molar refractivity (Wildman–Crippen MR) is 70.6 cm³/mol. The quantitative estimate of drug-likeness (QED) is 0.869. The Morgan fingerprint density at radius 2 is 2.11 bits per heavy atom. The van der Waals surface area contributed by atoms with Crippen LogP contribution in [0.2, 0.25) is 0 Å². The third-order valence-electron chi connectivity index (χ3n) is 2.69. The molecular weight excluding hydrogens is 230 g/mol. The minimum absolute atomic E-state index is 0.0284. The first-order valence-corrected chi connectivity index (χ1v) is 6.03. The van der Waals surface area contributed by atoms with Gasteiger partial charge in [-0.1, -0.05) is 11.6 Å². The first-order chi connectivity index (χ1) is 8.41. The number of amides is 1. The molecule has 1 aromatic carbocycles. The number of hydrogen-bond acceptors (Lipinski definition) is 3. The van der Waals surface area contributed by atoms with Gasteiger partial charge < -0.3 is 14.7 Å². The Balaban J connectivity index is 2.65. The van der Waals surface area contributed by atoms with Crippen molar-refractivity contribution >= 4 is 5.91 Å². The fourth-order valence-electron chi connectivity index (χ4n) is 1.60. The van der Waals surface area contributed by atoms with E-state index in [0.717, 1.165) is 11.1 Å². The maximum Gasteiger partial charge on any atom is 0.225 e. The normalized spacial score (nSPS) is 12.1. The summed E-state index contributed by atoms with van der Waals surface area (Å²) in [7, 11) is 3.44. The van der Waals surface area contributed by atoms with Crippen LogP contribution in [0.15, 0.2) is 18.2 Å². The van der Waals surface area contributed by atoms with Crippen molar-refractivity contribution in [3.63, 3.8) is 0 Å². The van der Waals surface area contributed by atoms with Crippen LogP contribution in [0.5, 0.6) is 5.75 Å². The van der Waals surface area contributed by atoms with Crippen molar-refractivity contribution in [2.45, 2.75) is 26.4 Å². The van der Waals surface area contributed by atoms with E-state index in [-0.39, 0.29) is 5.91 Å². The molecule has 0 aliphatic heterocycles. The molecule has 0 radical (unpaired) electrons. The van der Waals surface area contributed by atoms with Crippen LogP contribution in [0.3, 0.4) is 0 Å². The molecule has 0 fully saturated rings. The molecule has 0 aliphatic carbocycles. The highest BCUT2D eigenvalue weighted by Crippen LogP contribution is 2.26. The van der Waals surface area contributed by atoms with Gasteiger partial charge in [0.25, 0.3) is 0 Å². The van der Waals surface area contributed by atoms with Crippen molar-refractivity contribution in [1.82, 2.24) is 4.90 Å². The molecule has 0 spiro atoms. The van der Waals surface area contributed by atoms with Gasteiger partial charge in [-0.25, -0.2) is 0 Å². The number of ether oxygens (including phenoxy) is 1. The molecule has 1 atom stereocenters. The van der Waals surface area contributed by atoms with E-state index in [4.69, 9.17) is 4.74 Å². The average Bonchev–Trinajstić information content (AvgIpc) is 2.30. The van der Waals surface area contributed by atoms with Crippen molar-refractivity contribution in [3.05, 3.63) is 29.3 Å². The number of hydrogen-bond donors (Lipinski definition) is 1. The fourth-order valence-corrected chi connectivity index (χ4v) is 1.60. The summed E-state index contributed by atoms with van der Waals surface area (Å²) in [6, 6.07) is 5.65. The molecule has 4 nitrogen and oxygen atoms in total. The van der Waals surface area contributed by atoms with Crippen molar-refractivity contribution in [2.75, 3.05) is 20.7 Å². The van der Waals surface area contributed by atoms with Gasteiger partial charge >= 0.3 is 0 Å². The fraction of sp³-hybridized carbons (Fsp3) is 0.500. The maximum absolute atomic E-state index is 11.4. The lowest BCUT2D eigenvalue weighted by Gasteiger charge is -2.15. The lowest BCUT2D eigenvalue weighted by Crippen LogP contribution is -2.23. The van der Waals surface area contributed by atoms with Crippen molar-refractivity contribution in [1.29, 1.82) is 0 Å². The lowest BCUT2D eigenvalue weighted by molar-refractivity contribution is -0.129. The summed E-state index contributed by atoms with van der Waals surface area (Å²) in [6.07, 6.45) is -0.246. The van der Waals surface area contributed by atoms with Gasteiger partial charge in [-0.2, -0.15) is 0 Å². The Kier molecular flexibility index (Phi) is 5.16. The SMILES string of the molecule is Cc1ccc(OCCC(=O)N(C)C)c(C(C)O)c1. The van der Waals surface area contributed by atoms with Gasteiger partial charge in [0.1, 0.15) is 5.75 Å². The number of carbonyl (C=O) groups is 1. The number of aliphatic hydroxyl groups is 1. The van der Waals surface area contributed by atoms with Gasteiger partial charge in [0.2, 0.25) is 5.91 Å². The van der Waals surface area contributed by atoms with E-state index in [1.165, 1.54) is 4.90 Å². The van der Waals surface area contributed by atoms with Crippen LogP contribution >= 0.6 is 0 Å². The Labute approximate surface area is 108 Å². The van der Waals surface area contributed by atoms with E-state index in [9.17, 15) is 9.90 Å². The molecule has 0 saturated carbocycles. The summed E-state index contributed by atoms with van der Waals surface area (Å²) in [5, 5.41) is 9.67. The third kappa shape index (κ3) is 4.04. The van der Waals surface area contributed by atoms with E-state index < -0.39 is 6.10 Å². The van der Waals surface area contributed by atoms with Gasteiger partial charge in [-0.05, 0) is 26.0 Å². The van der Waals surface area contributed by atoms with Crippen LogP contribution in [0.1, 0.15) is 30.6 Å². The predicted octanol–water partition coefficient (Wildman–Crippen LogP) is 1.91. The molecule has 100 valence electrons. The van der Waals surface area contributed by atoms with Crippen molar-refractivity contribution in [3.8, 4) is 5.75 Å². The summed E-state index contributed by atoms with van der Waals surface area (Å²) in [4.78, 5) is 12.9. The maximum atomic E-state index is 11.4. The molecule has 0 bridgehead atoms. The molecule has 0 aromatic heterocycles. The largest absolute Gasteiger partial charge is 0.493 e. The van der Waals surface area contributed by atoms with E-state index in [2.05, 4.69) is 0 Å². The summed E-state index contributed by atoms with van der Waals surface area (Å²) >= 11 is 0. The second-order valence-corrected chi connectivity index (χ2v) is 4.60. The molecular formula is C14H21NO3. The summed E-state index contributed by atoms with van der Waals surface area (Å²) in [5.74, 6) is 0.669. The van der Waals surface area contributed by atoms with Gasteiger partial charge in [0.05, 0.1) is 19.1 Å². The van der Waals surface area contributed by atoms with Crippen LogP contribution in [0, 0.1) is 6.92 Å². The minimum Gasteiger partial charge on any atom is -0.493 e. The minimum atomic E-state index is -0.579. The molecule has 18 heavy (non-hydrogen) atoms. The monoisotopic (exact) mass is 251 g/mol. The molecule has 1 N–H and O–H groups in total. The van der Waals surface area contributed by atoms with Crippen LogP contribution in [0.25, 0.3) is 0 Å². The molecule has 1 unspecified atom stereocenters. The summed E-state index contributed by atoms with van der Waals surface area (Å²) in [6.45, 7) is 3.98. The molecule has 0 aliphatic rings. The van der Waals surface area contributed by atoms with E-state index in [1.807, 2.05) is 25.1 Å².